The van der Waals surface area contributed by atoms with Gasteiger partial charge in [0.1, 0.15) is 11.6 Å². The van der Waals surface area contributed by atoms with Gasteiger partial charge in [0.05, 0.1) is 5.69 Å². The molecule has 0 aliphatic heterocycles. The van der Waals surface area contributed by atoms with Crippen molar-refractivity contribution >= 4 is 11.4 Å². The number of nitrogens with zero attached hydrogens (tertiary/aromatic N) is 2. The van der Waals surface area contributed by atoms with Crippen molar-refractivity contribution < 1.29 is 4.39 Å². The van der Waals surface area contributed by atoms with Crippen LogP contribution in [0.3, 0.4) is 0 Å². The molecule has 27 heavy (non-hydrogen) atoms. The van der Waals surface area contributed by atoms with E-state index in [1.54, 1.807) is 6.07 Å². The van der Waals surface area contributed by atoms with Crippen LogP contribution >= 0.6 is 0 Å². The maximum Gasteiger partial charge on any atom is 0.144 e. The lowest BCUT2D eigenvalue weighted by molar-refractivity contribution is 0.607. The number of allylic oxidation sites excluding steroid dienone is 3. The predicted octanol–water partition coefficient (Wildman–Crippen LogP) is 5.02. The number of imidazole rings is 1. The van der Waals surface area contributed by atoms with Crippen molar-refractivity contribution in [2.24, 2.45) is 0 Å². The van der Waals surface area contributed by atoms with Crippen LogP contribution in [0.5, 0.6) is 0 Å². The predicted molar refractivity (Wildman–Crippen MR) is 109 cm³/mol. The molecular formula is C22H27FN4. The zero-order chi connectivity index (χ0) is 19.6. The lowest BCUT2D eigenvalue weighted by atomic mass is 9.97. The van der Waals surface area contributed by atoms with Crippen LogP contribution in [-0.2, 0) is 6.42 Å². The summed E-state index contributed by atoms with van der Waals surface area (Å²) in [6.45, 7) is 6.07. The fourth-order valence-corrected chi connectivity index (χ4v) is 3.51. The van der Waals surface area contributed by atoms with Gasteiger partial charge in [-0.25, -0.2) is 9.37 Å². The topological polar surface area (TPSA) is 53.7 Å². The average molecular weight is 366 g/mol. The van der Waals surface area contributed by atoms with Crippen LogP contribution in [0.4, 0.5) is 4.39 Å². The third-order valence-corrected chi connectivity index (χ3v) is 5.06. The van der Waals surface area contributed by atoms with E-state index in [1.165, 1.54) is 0 Å². The van der Waals surface area contributed by atoms with E-state index >= 15 is 0 Å². The molecule has 0 fully saturated rings. The first-order chi connectivity index (χ1) is 13.0. The summed E-state index contributed by atoms with van der Waals surface area (Å²) in [4.78, 5) is 4.73. The highest BCUT2D eigenvalue weighted by Crippen LogP contribution is 2.32. The number of hydrogen-bond acceptors (Lipinski definition) is 3. The smallest absolute Gasteiger partial charge is 0.144 e. The minimum absolute atomic E-state index is 0.172. The third-order valence-electron chi connectivity index (χ3n) is 5.06. The molecule has 2 aromatic rings. The first-order valence-corrected chi connectivity index (χ1v) is 9.47. The zero-order valence-electron chi connectivity index (χ0n) is 16.5. The van der Waals surface area contributed by atoms with Crippen LogP contribution in [0, 0.1) is 25.1 Å². The number of aryl methyl sites for hydroxylation is 2. The third kappa shape index (κ3) is 3.72. The summed E-state index contributed by atoms with van der Waals surface area (Å²) < 4.78 is 16.6. The summed E-state index contributed by atoms with van der Waals surface area (Å²) in [5.74, 6) is 0.588. The van der Waals surface area contributed by atoms with Gasteiger partial charge in [0.25, 0.3) is 0 Å². The fourth-order valence-electron chi connectivity index (χ4n) is 3.51. The Kier molecular flexibility index (Phi) is 5.59. The standard InChI is InChI=1S/C22H27FN4/c1-5-6-16-7-8-17(12-20(16)23)22-26-14(2)15(3)27(22)19-9-10-21(24)18(11-19)13-25-4/h7-8,11-13,24-25H,5-6,9-10H2,1-4H3/b18-13-,24-21?. The average Bonchev–Trinajstić information content (AvgIpc) is 2.94. The van der Waals surface area contributed by atoms with Crippen LogP contribution < -0.4 is 5.32 Å². The molecule has 0 saturated heterocycles. The summed E-state index contributed by atoms with van der Waals surface area (Å²) >= 11 is 0. The van der Waals surface area contributed by atoms with E-state index in [9.17, 15) is 4.39 Å². The lowest BCUT2D eigenvalue weighted by Crippen LogP contribution is -2.13. The normalized spacial score (nSPS) is 16.0. The molecule has 2 N–H and O–H groups in total. The van der Waals surface area contributed by atoms with Crippen LogP contribution in [-0.4, -0.2) is 22.3 Å². The minimum atomic E-state index is -0.172. The Hall–Kier alpha value is -2.69. The molecule has 1 heterocycles. The van der Waals surface area contributed by atoms with Crippen molar-refractivity contribution in [2.45, 2.75) is 46.5 Å². The van der Waals surface area contributed by atoms with Gasteiger partial charge in [0, 0.05) is 41.5 Å². The van der Waals surface area contributed by atoms with Gasteiger partial charge in [-0.05, 0) is 50.8 Å². The summed E-state index contributed by atoms with van der Waals surface area (Å²) in [6, 6.07) is 5.43. The van der Waals surface area contributed by atoms with Gasteiger partial charge in [-0.15, -0.1) is 0 Å². The minimum Gasteiger partial charge on any atom is -0.393 e. The highest BCUT2D eigenvalue weighted by atomic mass is 19.1. The molecule has 1 aromatic carbocycles. The molecule has 1 aliphatic carbocycles. The van der Waals surface area contributed by atoms with Crippen LogP contribution in [0.2, 0.25) is 0 Å². The van der Waals surface area contributed by atoms with Gasteiger partial charge in [0.15, 0.2) is 0 Å². The Labute approximate surface area is 160 Å². The Morgan fingerprint density at radius 3 is 2.74 bits per heavy atom. The number of benzene rings is 1. The van der Waals surface area contributed by atoms with Crippen LogP contribution in [0.15, 0.2) is 36.0 Å². The molecule has 0 unspecified atom stereocenters. The van der Waals surface area contributed by atoms with E-state index in [-0.39, 0.29) is 5.82 Å². The molecule has 5 heteroatoms. The van der Waals surface area contributed by atoms with Gasteiger partial charge in [-0.3, -0.25) is 0 Å². The van der Waals surface area contributed by atoms with Crippen molar-refractivity contribution in [1.29, 1.82) is 5.41 Å². The van der Waals surface area contributed by atoms with E-state index in [1.807, 2.05) is 45.3 Å². The first-order valence-electron chi connectivity index (χ1n) is 9.47. The van der Waals surface area contributed by atoms with E-state index in [0.29, 0.717) is 12.1 Å². The highest BCUT2D eigenvalue weighted by molar-refractivity contribution is 6.03. The molecule has 1 aromatic heterocycles. The number of hydrogen-bond donors (Lipinski definition) is 2. The number of halogens is 1. The van der Waals surface area contributed by atoms with Crippen molar-refractivity contribution in [3.05, 3.63) is 58.8 Å². The summed E-state index contributed by atoms with van der Waals surface area (Å²) in [5.41, 5.74) is 6.09. The van der Waals surface area contributed by atoms with Crippen molar-refractivity contribution in [2.75, 3.05) is 7.05 Å². The maximum atomic E-state index is 14.5. The lowest BCUT2D eigenvalue weighted by Gasteiger charge is -2.20. The van der Waals surface area contributed by atoms with Gasteiger partial charge in [-0.2, -0.15) is 0 Å². The van der Waals surface area contributed by atoms with Crippen molar-refractivity contribution in [1.82, 2.24) is 14.9 Å². The van der Waals surface area contributed by atoms with Crippen LogP contribution in [0.1, 0.15) is 43.1 Å². The Morgan fingerprint density at radius 1 is 1.30 bits per heavy atom. The van der Waals surface area contributed by atoms with Crippen LogP contribution in [0.25, 0.3) is 17.1 Å². The Bertz CT molecular complexity index is 934. The molecule has 0 atom stereocenters. The monoisotopic (exact) mass is 366 g/mol. The van der Waals surface area contributed by atoms with E-state index in [4.69, 9.17) is 10.4 Å². The molecule has 142 valence electrons. The first kappa shape index (κ1) is 19.1. The molecule has 0 spiro atoms. The molecule has 0 saturated carbocycles. The summed E-state index contributed by atoms with van der Waals surface area (Å²) in [5, 5.41) is 11.2. The fraction of sp³-hybridized carbons (Fsp3) is 0.364. The second kappa shape index (κ2) is 7.91. The SMILES string of the molecule is CCCc1ccc(-c2nc(C)c(C)n2C2=C/C(=C/NC)C(=N)CC2)cc1F. The zero-order valence-corrected chi connectivity index (χ0v) is 16.5. The van der Waals surface area contributed by atoms with E-state index in [0.717, 1.165) is 58.9 Å². The summed E-state index contributed by atoms with van der Waals surface area (Å²) in [6.07, 6.45) is 6.98. The molecule has 4 nitrogen and oxygen atoms in total. The van der Waals surface area contributed by atoms with Gasteiger partial charge in [-0.1, -0.05) is 25.5 Å². The molecule has 3 rings (SSSR count). The van der Waals surface area contributed by atoms with E-state index < -0.39 is 0 Å². The van der Waals surface area contributed by atoms with Gasteiger partial charge < -0.3 is 15.3 Å². The van der Waals surface area contributed by atoms with Crippen molar-refractivity contribution in [3.8, 4) is 11.4 Å². The largest absolute Gasteiger partial charge is 0.393 e. The molecule has 0 radical (unpaired) electrons. The van der Waals surface area contributed by atoms with Gasteiger partial charge in [0.2, 0.25) is 0 Å². The molecular weight excluding hydrogens is 339 g/mol. The van der Waals surface area contributed by atoms with Crippen molar-refractivity contribution in [3.63, 3.8) is 0 Å². The maximum absolute atomic E-state index is 14.5. The Balaban J connectivity index is 2.11. The Morgan fingerprint density at radius 2 is 2.07 bits per heavy atom. The second-order valence-electron chi connectivity index (χ2n) is 7.00. The quantitative estimate of drug-likeness (QED) is 0.781. The highest BCUT2D eigenvalue weighted by Gasteiger charge is 2.21. The second-order valence-corrected chi connectivity index (χ2v) is 7.00. The van der Waals surface area contributed by atoms with Gasteiger partial charge >= 0.3 is 0 Å². The summed E-state index contributed by atoms with van der Waals surface area (Å²) in [7, 11) is 1.83. The number of nitrogens with one attached hydrogen (secondary N) is 2. The van der Waals surface area contributed by atoms with E-state index in [2.05, 4.69) is 16.8 Å². The number of rotatable bonds is 5. The molecule has 1 aliphatic rings. The molecule has 0 amide bonds. The number of aromatic nitrogens is 2. The molecule has 0 bridgehead atoms.